The smallest absolute Gasteiger partial charge is 0.242 e. The van der Waals surface area contributed by atoms with Gasteiger partial charge in [0, 0.05) is 25.3 Å². The third-order valence-corrected chi connectivity index (χ3v) is 6.54. The van der Waals surface area contributed by atoms with Gasteiger partial charge in [0.2, 0.25) is 11.8 Å². The lowest BCUT2D eigenvalue weighted by Gasteiger charge is -2.16. The van der Waals surface area contributed by atoms with Crippen molar-refractivity contribution in [3.8, 4) is 11.5 Å². The molecule has 1 atom stereocenters. The number of hydrogen-bond acceptors (Lipinski definition) is 7. The minimum atomic E-state index is -0.564. The molecule has 8 nitrogen and oxygen atoms in total. The Morgan fingerprint density at radius 2 is 1.79 bits per heavy atom. The van der Waals surface area contributed by atoms with Gasteiger partial charge in [0.05, 0.1) is 33.1 Å². The summed E-state index contributed by atoms with van der Waals surface area (Å²) in [6.45, 7) is 5.02. The number of nitrogens with zero attached hydrogens (tertiary/aromatic N) is 2. The molecular weight excluding hydrogens is 454 g/mol. The normalized spacial score (nSPS) is 16.9. The molecule has 0 spiro atoms. The van der Waals surface area contributed by atoms with Gasteiger partial charge in [-0.15, -0.1) is 0 Å². The summed E-state index contributed by atoms with van der Waals surface area (Å²) < 4.78 is 15.7. The Morgan fingerprint density at radius 1 is 1.09 bits per heavy atom. The number of benzene rings is 2. The van der Waals surface area contributed by atoms with E-state index in [9.17, 15) is 9.59 Å². The molecule has 2 amide bonds. The van der Waals surface area contributed by atoms with Crippen molar-refractivity contribution >= 4 is 40.1 Å². The summed E-state index contributed by atoms with van der Waals surface area (Å²) in [5.41, 5.74) is 2.55. The van der Waals surface area contributed by atoms with Crippen LogP contribution in [0.5, 0.6) is 11.5 Å². The molecule has 9 heteroatoms. The van der Waals surface area contributed by atoms with Crippen molar-refractivity contribution in [3.63, 3.8) is 0 Å². The predicted octanol–water partition coefficient (Wildman–Crippen LogP) is 4.43. The number of nitrogens with one attached hydrogen (secondary N) is 1. The number of aliphatic imine (C=N–C) groups is 1. The van der Waals surface area contributed by atoms with E-state index in [4.69, 9.17) is 19.2 Å². The van der Waals surface area contributed by atoms with Crippen LogP contribution in [0.3, 0.4) is 0 Å². The first-order chi connectivity index (χ1) is 16.4. The number of amides is 2. The minimum Gasteiger partial charge on any atom is -0.493 e. The summed E-state index contributed by atoms with van der Waals surface area (Å²) in [6.07, 6.45) is 0.0205. The van der Waals surface area contributed by atoms with Crippen LogP contribution in [0, 0.1) is 0 Å². The van der Waals surface area contributed by atoms with Crippen molar-refractivity contribution in [2.45, 2.75) is 31.4 Å². The molecule has 1 saturated heterocycles. The van der Waals surface area contributed by atoms with Gasteiger partial charge in [-0.1, -0.05) is 37.7 Å². The van der Waals surface area contributed by atoms with Gasteiger partial charge in [0.1, 0.15) is 5.25 Å². The van der Waals surface area contributed by atoms with Crippen LogP contribution in [-0.2, 0) is 14.3 Å². The molecule has 3 rings (SSSR count). The van der Waals surface area contributed by atoms with Crippen LogP contribution in [0.15, 0.2) is 47.5 Å². The zero-order valence-corrected chi connectivity index (χ0v) is 21.0. The van der Waals surface area contributed by atoms with Gasteiger partial charge < -0.3 is 19.5 Å². The van der Waals surface area contributed by atoms with Crippen LogP contribution in [0.25, 0.3) is 0 Å². The molecule has 182 valence electrons. The van der Waals surface area contributed by atoms with Crippen molar-refractivity contribution in [2.24, 2.45) is 4.99 Å². The zero-order valence-electron chi connectivity index (χ0n) is 20.2. The van der Waals surface area contributed by atoms with Crippen LogP contribution in [0.2, 0.25) is 0 Å². The van der Waals surface area contributed by atoms with Gasteiger partial charge in [-0.25, -0.2) is 4.99 Å². The van der Waals surface area contributed by atoms with Gasteiger partial charge in [-0.05, 0) is 35.7 Å². The first-order valence-electron chi connectivity index (χ1n) is 11.0. The first-order valence-corrected chi connectivity index (χ1v) is 11.9. The highest BCUT2D eigenvalue weighted by atomic mass is 32.2. The summed E-state index contributed by atoms with van der Waals surface area (Å²) in [5, 5.41) is 2.84. The number of amidine groups is 1. The van der Waals surface area contributed by atoms with Crippen LogP contribution in [-0.4, -0.2) is 61.6 Å². The molecule has 1 heterocycles. The fourth-order valence-corrected chi connectivity index (χ4v) is 4.64. The van der Waals surface area contributed by atoms with Crippen molar-refractivity contribution in [2.75, 3.05) is 39.8 Å². The number of methoxy groups -OCH3 is 3. The van der Waals surface area contributed by atoms with Gasteiger partial charge in [-0.2, -0.15) is 0 Å². The number of thioether (sulfide) groups is 1. The van der Waals surface area contributed by atoms with Crippen molar-refractivity contribution in [3.05, 3.63) is 48.0 Å². The molecule has 1 fully saturated rings. The minimum absolute atomic E-state index is 0.0205. The maximum absolute atomic E-state index is 13.1. The van der Waals surface area contributed by atoms with Crippen LogP contribution in [0.4, 0.5) is 11.4 Å². The van der Waals surface area contributed by atoms with Crippen LogP contribution < -0.4 is 14.8 Å². The van der Waals surface area contributed by atoms with E-state index in [2.05, 4.69) is 19.2 Å². The zero-order chi connectivity index (χ0) is 24.7. The molecule has 0 saturated carbocycles. The van der Waals surface area contributed by atoms with E-state index in [0.717, 1.165) is 5.69 Å². The lowest BCUT2D eigenvalue weighted by Crippen LogP contribution is -2.35. The predicted molar refractivity (Wildman–Crippen MR) is 135 cm³/mol. The lowest BCUT2D eigenvalue weighted by molar-refractivity contribution is -0.128. The van der Waals surface area contributed by atoms with Gasteiger partial charge in [0.25, 0.3) is 0 Å². The highest BCUT2D eigenvalue weighted by Crippen LogP contribution is 2.33. The number of anilines is 1. The van der Waals surface area contributed by atoms with E-state index in [1.165, 1.54) is 24.4 Å². The molecule has 34 heavy (non-hydrogen) atoms. The summed E-state index contributed by atoms with van der Waals surface area (Å²) in [4.78, 5) is 32.1. The third kappa shape index (κ3) is 6.30. The lowest BCUT2D eigenvalue weighted by atomic mass is 10.0. The highest BCUT2D eigenvalue weighted by molar-refractivity contribution is 8.15. The standard InChI is InChI=1S/C25H31N3O5S/c1-16(2)17-6-8-18(9-7-17)27-25-28(12-13-31-3)24(30)22(34-25)15-23(29)26-19-10-11-20(32-4)21(14-19)33-5/h6-11,14,16,22H,12-13,15H2,1-5H3,(H,26,29). The number of ether oxygens (including phenoxy) is 3. The highest BCUT2D eigenvalue weighted by Gasteiger charge is 2.39. The molecule has 2 aromatic carbocycles. The Labute approximate surface area is 204 Å². The Morgan fingerprint density at radius 3 is 2.41 bits per heavy atom. The van der Waals surface area contributed by atoms with Crippen molar-refractivity contribution < 1.29 is 23.8 Å². The third-order valence-electron chi connectivity index (χ3n) is 5.36. The van der Waals surface area contributed by atoms with E-state index >= 15 is 0 Å². The molecule has 0 radical (unpaired) electrons. The van der Waals surface area contributed by atoms with Crippen molar-refractivity contribution in [1.82, 2.24) is 4.90 Å². The second-order valence-corrected chi connectivity index (χ2v) is 9.22. The second-order valence-electron chi connectivity index (χ2n) is 8.05. The quantitative estimate of drug-likeness (QED) is 0.535. The van der Waals surface area contributed by atoms with Crippen molar-refractivity contribution in [1.29, 1.82) is 0 Å². The van der Waals surface area contributed by atoms with E-state index in [1.807, 2.05) is 24.3 Å². The number of carbonyl (C=O) groups is 2. The summed E-state index contributed by atoms with van der Waals surface area (Å²) in [5.74, 6) is 1.08. The number of carbonyl (C=O) groups excluding carboxylic acids is 2. The molecule has 1 unspecified atom stereocenters. The first kappa shape index (κ1) is 25.6. The van der Waals surface area contributed by atoms with Crippen LogP contribution >= 0.6 is 11.8 Å². The largest absolute Gasteiger partial charge is 0.493 e. The second kappa shape index (κ2) is 11.9. The van der Waals surface area contributed by atoms with E-state index < -0.39 is 5.25 Å². The van der Waals surface area contributed by atoms with Crippen LogP contribution in [0.1, 0.15) is 31.7 Å². The van der Waals surface area contributed by atoms with Gasteiger partial charge in [-0.3, -0.25) is 14.5 Å². The summed E-state index contributed by atoms with van der Waals surface area (Å²) in [7, 11) is 4.67. The fraction of sp³-hybridized carbons (Fsp3) is 0.400. The van der Waals surface area contributed by atoms with E-state index in [1.54, 1.807) is 37.3 Å². The molecule has 1 aliphatic rings. The van der Waals surface area contributed by atoms with Gasteiger partial charge >= 0.3 is 0 Å². The number of rotatable bonds is 10. The Balaban J connectivity index is 1.73. The molecular formula is C25H31N3O5S. The average Bonchev–Trinajstić information content (AvgIpc) is 3.11. The molecule has 1 N–H and O–H groups in total. The fourth-order valence-electron chi connectivity index (χ4n) is 3.45. The summed E-state index contributed by atoms with van der Waals surface area (Å²) in [6, 6.07) is 13.1. The Hall–Kier alpha value is -3.04. The molecule has 1 aliphatic heterocycles. The van der Waals surface area contributed by atoms with Gasteiger partial charge in [0.15, 0.2) is 16.7 Å². The molecule has 0 bridgehead atoms. The Kier molecular flexibility index (Phi) is 8.95. The van der Waals surface area contributed by atoms with E-state index in [-0.39, 0.29) is 18.2 Å². The average molecular weight is 486 g/mol. The monoisotopic (exact) mass is 485 g/mol. The maximum atomic E-state index is 13.1. The maximum Gasteiger partial charge on any atom is 0.242 e. The molecule has 0 aromatic heterocycles. The molecule has 2 aromatic rings. The summed E-state index contributed by atoms with van der Waals surface area (Å²) >= 11 is 1.30. The molecule has 0 aliphatic carbocycles. The number of hydrogen-bond donors (Lipinski definition) is 1. The topological polar surface area (TPSA) is 89.5 Å². The SMILES string of the molecule is COCCN1C(=O)C(CC(=O)Nc2ccc(OC)c(OC)c2)SC1=Nc1ccc(C(C)C)cc1. The Bertz CT molecular complexity index is 1040. The van der Waals surface area contributed by atoms with E-state index in [0.29, 0.717) is 41.4 Å².